The van der Waals surface area contributed by atoms with Gasteiger partial charge in [-0.05, 0) is 122 Å². The van der Waals surface area contributed by atoms with Gasteiger partial charge in [0, 0.05) is 19.3 Å². The van der Waals surface area contributed by atoms with Gasteiger partial charge in [-0.25, -0.2) is 0 Å². The lowest BCUT2D eigenvalue weighted by atomic mass is 10.0. The van der Waals surface area contributed by atoms with Crippen LogP contribution in [0, 0.1) is 0 Å². The number of carbonyl (C=O) groups excluding carboxylic acids is 3. The maximum absolute atomic E-state index is 12.9. The highest BCUT2D eigenvalue weighted by Crippen LogP contribution is 2.16. The average Bonchev–Trinajstić information content (AvgIpc) is 3.48. The fraction of sp³-hybridized carbons (Fsp3) is 0.671. The largest absolute Gasteiger partial charge is 0.462 e. The van der Waals surface area contributed by atoms with Crippen LogP contribution in [0.2, 0.25) is 0 Å². The first kappa shape index (κ1) is 77.5. The van der Waals surface area contributed by atoms with Gasteiger partial charge in [0.1, 0.15) is 13.2 Å². The molecule has 0 fully saturated rings. The lowest BCUT2D eigenvalue weighted by Crippen LogP contribution is -2.30. The van der Waals surface area contributed by atoms with Gasteiger partial charge in [0.2, 0.25) is 0 Å². The summed E-state index contributed by atoms with van der Waals surface area (Å²) < 4.78 is 16.9. The molecule has 0 aromatic heterocycles. The molecule has 0 saturated carbocycles. The highest BCUT2D eigenvalue weighted by atomic mass is 16.6. The smallest absolute Gasteiger partial charge is 0.306 e. The van der Waals surface area contributed by atoms with Crippen molar-refractivity contribution in [3.63, 3.8) is 0 Å². The fourth-order valence-corrected chi connectivity index (χ4v) is 9.29. The van der Waals surface area contributed by atoms with Crippen LogP contribution in [0.15, 0.2) is 134 Å². The van der Waals surface area contributed by atoms with Crippen molar-refractivity contribution in [3.05, 3.63) is 134 Å². The van der Waals surface area contributed by atoms with E-state index in [2.05, 4.69) is 154 Å². The van der Waals surface area contributed by atoms with E-state index in [9.17, 15) is 14.4 Å². The number of unbranched alkanes of at least 4 members (excludes halogenated alkanes) is 28. The van der Waals surface area contributed by atoms with Crippen LogP contribution in [0.3, 0.4) is 0 Å². The molecule has 1 unspecified atom stereocenters. The van der Waals surface area contributed by atoms with Gasteiger partial charge in [-0.2, -0.15) is 0 Å². The number of carbonyl (C=O) groups is 3. The molecular weight excluding hydrogens is 1010 g/mol. The van der Waals surface area contributed by atoms with E-state index in [-0.39, 0.29) is 31.1 Å². The molecular formula is C76H126O6. The van der Waals surface area contributed by atoms with Gasteiger partial charge >= 0.3 is 17.9 Å². The first-order chi connectivity index (χ1) is 40.5. The van der Waals surface area contributed by atoms with Crippen LogP contribution in [0.25, 0.3) is 0 Å². The van der Waals surface area contributed by atoms with Crippen LogP contribution >= 0.6 is 0 Å². The summed E-state index contributed by atoms with van der Waals surface area (Å²) in [7, 11) is 0. The maximum Gasteiger partial charge on any atom is 0.306 e. The van der Waals surface area contributed by atoms with E-state index in [1.807, 2.05) is 0 Å². The van der Waals surface area contributed by atoms with Crippen LogP contribution in [0.1, 0.15) is 310 Å². The molecule has 466 valence electrons. The second-order valence-electron chi connectivity index (χ2n) is 22.4. The van der Waals surface area contributed by atoms with Crippen LogP contribution in [-0.4, -0.2) is 37.2 Å². The third kappa shape index (κ3) is 66.4. The Morgan fingerprint density at radius 3 is 0.756 bits per heavy atom. The summed E-state index contributed by atoms with van der Waals surface area (Å²) in [5.74, 6) is -0.916. The van der Waals surface area contributed by atoms with Crippen molar-refractivity contribution in [2.75, 3.05) is 13.2 Å². The number of esters is 3. The van der Waals surface area contributed by atoms with Crippen molar-refractivity contribution < 1.29 is 28.6 Å². The van der Waals surface area contributed by atoms with E-state index in [1.54, 1.807) is 0 Å². The summed E-state index contributed by atoms with van der Waals surface area (Å²) in [5, 5.41) is 0. The predicted molar refractivity (Wildman–Crippen MR) is 357 cm³/mol. The minimum Gasteiger partial charge on any atom is -0.462 e. The molecule has 0 heterocycles. The van der Waals surface area contributed by atoms with E-state index >= 15 is 0 Å². The minimum absolute atomic E-state index is 0.0901. The van der Waals surface area contributed by atoms with Crippen molar-refractivity contribution in [2.24, 2.45) is 0 Å². The fourth-order valence-electron chi connectivity index (χ4n) is 9.29. The summed E-state index contributed by atoms with van der Waals surface area (Å²) in [5.41, 5.74) is 0. The standard InChI is InChI=1S/C76H126O6/c1-4-7-10-13-16-19-22-25-28-29-30-31-32-33-34-35-36-37-38-39-40-41-42-43-44-45-46-47-49-51-54-57-60-63-66-69-75(78)81-72-73(71-80-74(77)68-65-62-59-56-53-50-27-24-21-18-15-12-9-6-3)82-76(79)70-67-64-61-58-55-52-48-26-23-20-17-14-11-8-5-2/h7,10,16,19,24-25,27-28,30-31,33-34,36-37,39-40,42-43,45-46,49,51,73H,4-6,8-9,11-15,17-18,20-23,26,29,32,35,38,41,44,47-48,50,52-72H2,1-3H3/b10-7-,19-16-,27-24-,28-25-,31-30-,34-33-,37-36-,40-39-,43-42-,46-45-,51-49-. The van der Waals surface area contributed by atoms with E-state index in [4.69, 9.17) is 14.2 Å². The molecule has 0 amide bonds. The Labute approximate surface area is 506 Å². The first-order valence-corrected chi connectivity index (χ1v) is 34.2. The van der Waals surface area contributed by atoms with E-state index in [0.717, 1.165) is 141 Å². The molecule has 0 saturated heterocycles. The third-order valence-electron chi connectivity index (χ3n) is 14.4. The summed E-state index contributed by atoms with van der Waals surface area (Å²) in [4.78, 5) is 38.3. The van der Waals surface area contributed by atoms with Crippen LogP contribution in [0.4, 0.5) is 0 Å². The molecule has 0 aliphatic carbocycles. The molecule has 6 heteroatoms. The highest BCUT2D eigenvalue weighted by molar-refractivity contribution is 5.71. The molecule has 6 nitrogen and oxygen atoms in total. The summed E-state index contributed by atoms with van der Waals surface area (Å²) >= 11 is 0. The Morgan fingerprint density at radius 2 is 0.476 bits per heavy atom. The zero-order chi connectivity index (χ0) is 59.2. The second kappa shape index (κ2) is 69.0. The summed E-state index contributed by atoms with van der Waals surface area (Å²) in [6.07, 6.45) is 97.5. The molecule has 0 radical (unpaired) electrons. The maximum atomic E-state index is 12.9. The quantitative estimate of drug-likeness (QED) is 0.0261. The number of ether oxygens (including phenoxy) is 3. The molecule has 0 rings (SSSR count). The van der Waals surface area contributed by atoms with Gasteiger partial charge in [-0.15, -0.1) is 0 Å². The van der Waals surface area contributed by atoms with Gasteiger partial charge in [0.15, 0.2) is 6.10 Å². The highest BCUT2D eigenvalue weighted by Gasteiger charge is 2.19. The van der Waals surface area contributed by atoms with Crippen LogP contribution < -0.4 is 0 Å². The summed E-state index contributed by atoms with van der Waals surface area (Å²) in [6, 6.07) is 0. The molecule has 0 spiro atoms. The second-order valence-corrected chi connectivity index (χ2v) is 22.4. The molecule has 0 aliphatic rings. The Kier molecular flexibility index (Phi) is 65.3. The van der Waals surface area contributed by atoms with Crippen molar-refractivity contribution in [1.82, 2.24) is 0 Å². The zero-order valence-corrected chi connectivity index (χ0v) is 53.5. The monoisotopic (exact) mass is 1130 g/mol. The van der Waals surface area contributed by atoms with Crippen molar-refractivity contribution in [1.29, 1.82) is 0 Å². The van der Waals surface area contributed by atoms with Crippen LogP contribution in [-0.2, 0) is 28.6 Å². The molecule has 0 aromatic carbocycles. The Bertz CT molecular complexity index is 1730. The number of rotatable bonds is 61. The first-order valence-electron chi connectivity index (χ1n) is 34.2. The van der Waals surface area contributed by atoms with Crippen molar-refractivity contribution in [3.8, 4) is 0 Å². The number of hydrogen-bond donors (Lipinski definition) is 0. The average molecular weight is 1140 g/mol. The number of hydrogen-bond acceptors (Lipinski definition) is 6. The van der Waals surface area contributed by atoms with E-state index < -0.39 is 6.10 Å². The lowest BCUT2D eigenvalue weighted by Gasteiger charge is -2.18. The zero-order valence-electron chi connectivity index (χ0n) is 53.5. The molecule has 0 N–H and O–H groups in total. The van der Waals surface area contributed by atoms with E-state index in [0.29, 0.717) is 19.3 Å². The Morgan fingerprint density at radius 1 is 0.256 bits per heavy atom. The Balaban J connectivity index is 4.32. The van der Waals surface area contributed by atoms with Crippen LogP contribution in [0.5, 0.6) is 0 Å². The van der Waals surface area contributed by atoms with Crippen molar-refractivity contribution >= 4 is 17.9 Å². The van der Waals surface area contributed by atoms with Crippen molar-refractivity contribution in [2.45, 2.75) is 316 Å². The molecule has 0 aromatic rings. The van der Waals surface area contributed by atoms with Gasteiger partial charge in [-0.3, -0.25) is 14.4 Å². The molecule has 1 atom stereocenters. The van der Waals surface area contributed by atoms with E-state index in [1.165, 1.54) is 128 Å². The molecule has 0 bridgehead atoms. The van der Waals surface area contributed by atoms with Gasteiger partial charge in [0.05, 0.1) is 0 Å². The molecule has 0 aliphatic heterocycles. The predicted octanol–water partition coefficient (Wildman–Crippen LogP) is 23.7. The minimum atomic E-state index is -0.794. The van der Waals surface area contributed by atoms with Gasteiger partial charge in [-0.1, -0.05) is 302 Å². The topological polar surface area (TPSA) is 78.9 Å². The normalized spacial score (nSPS) is 13.0. The molecule has 82 heavy (non-hydrogen) atoms. The lowest BCUT2D eigenvalue weighted by molar-refractivity contribution is -0.167. The summed E-state index contributed by atoms with van der Waals surface area (Å²) in [6.45, 7) is 6.51. The number of allylic oxidation sites excluding steroid dienone is 22. The van der Waals surface area contributed by atoms with Gasteiger partial charge in [0.25, 0.3) is 0 Å². The Hall–Kier alpha value is -4.45. The van der Waals surface area contributed by atoms with Gasteiger partial charge < -0.3 is 14.2 Å². The third-order valence-corrected chi connectivity index (χ3v) is 14.4. The SMILES string of the molecule is CC/C=C\C/C=C\C/C=C\C/C=C\C/C=C\C/C=C\C/C=C\C/C=C\C/C=C\C/C=C\CCCCCCC(=O)OCC(COC(=O)CCCCCCC/C=C\CCCCCCC)OC(=O)CCCCCCCCCCCCCCCCC.